The van der Waals surface area contributed by atoms with Gasteiger partial charge in [0.15, 0.2) is 5.11 Å². The van der Waals surface area contributed by atoms with Gasteiger partial charge in [0.25, 0.3) is 0 Å². The molecule has 0 spiro atoms. The van der Waals surface area contributed by atoms with Crippen molar-refractivity contribution in [3.8, 4) is 0 Å². The van der Waals surface area contributed by atoms with E-state index in [1.165, 1.54) is 0 Å². The first-order valence-corrected chi connectivity index (χ1v) is 4.59. The van der Waals surface area contributed by atoms with Crippen LogP contribution in [0, 0.1) is 0 Å². The van der Waals surface area contributed by atoms with Gasteiger partial charge in [-0.05, 0) is 39.9 Å². The molecule has 0 saturated carbocycles. The first kappa shape index (κ1) is 12.3. The summed E-state index contributed by atoms with van der Waals surface area (Å²) in [6.45, 7) is 7.91. The smallest absolute Gasteiger partial charge is 0.187 e. The molecule has 1 unspecified atom stereocenters. The van der Waals surface area contributed by atoms with Crippen LogP contribution in [0.2, 0.25) is 0 Å². The third-order valence-corrected chi connectivity index (χ3v) is 1.16. The Bertz CT molecular complexity index is 193. The normalized spacial score (nSPS) is 14.2. The van der Waals surface area contributed by atoms with Crippen molar-refractivity contribution < 1.29 is 0 Å². The number of thiocarbonyl (C=S) groups is 1. The van der Waals surface area contributed by atoms with Crippen LogP contribution < -0.4 is 16.5 Å². The Hall–Kier alpha value is -0.680. The topological polar surface area (TPSA) is 62.4 Å². The molecule has 0 bridgehead atoms. The van der Waals surface area contributed by atoms with E-state index in [4.69, 9.17) is 18.0 Å². The molecule has 0 aromatic heterocycles. The maximum atomic E-state index is 5.45. The lowest BCUT2D eigenvalue weighted by Gasteiger charge is -2.21. The van der Waals surface area contributed by atoms with E-state index in [9.17, 15) is 0 Å². The van der Waals surface area contributed by atoms with Gasteiger partial charge in [0.05, 0.1) is 0 Å². The summed E-state index contributed by atoms with van der Waals surface area (Å²) in [5.74, 6) is 0. The molecule has 0 heterocycles. The molecule has 0 saturated heterocycles. The van der Waals surface area contributed by atoms with E-state index in [2.05, 4.69) is 15.8 Å². The summed E-state index contributed by atoms with van der Waals surface area (Å²) in [6, 6.07) is -0.0649. The van der Waals surface area contributed by atoms with E-state index < -0.39 is 0 Å². The molecule has 0 aliphatic heterocycles. The van der Waals surface area contributed by atoms with Crippen LogP contribution in [0.5, 0.6) is 0 Å². The monoisotopic (exact) mass is 202 g/mol. The molecule has 4 nitrogen and oxygen atoms in total. The molecule has 0 aromatic rings. The summed E-state index contributed by atoms with van der Waals surface area (Å²) >= 11 is 4.98. The highest BCUT2D eigenvalue weighted by atomic mass is 32.1. The Kier molecular flexibility index (Phi) is 4.87. The van der Waals surface area contributed by atoms with Crippen LogP contribution in [0.1, 0.15) is 27.7 Å². The van der Waals surface area contributed by atoms with Gasteiger partial charge in [0, 0.05) is 17.8 Å². The van der Waals surface area contributed by atoms with Crippen molar-refractivity contribution >= 4 is 23.5 Å². The third-order valence-electron chi connectivity index (χ3n) is 0.964. The molecule has 76 valence electrons. The summed E-state index contributed by atoms with van der Waals surface area (Å²) in [5.41, 5.74) is 8.09. The molecule has 0 aromatic carbocycles. The number of hydrogen-bond donors (Lipinski definition) is 3. The summed E-state index contributed by atoms with van der Waals surface area (Å²) in [6.07, 6.45) is 1.59. The van der Waals surface area contributed by atoms with Crippen LogP contribution in [0.15, 0.2) is 5.10 Å². The van der Waals surface area contributed by atoms with Gasteiger partial charge in [-0.1, -0.05) is 0 Å². The molecular weight excluding hydrogens is 184 g/mol. The van der Waals surface area contributed by atoms with E-state index in [1.807, 2.05) is 27.7 Å². The lowest BCUT2D eigenvalue weighted by molar-refractivity contribution is 0.508. The van der Waals surface area contributed by atoms with E-state index in [0.29, 0.717) is 5.11 Å². The molecule has 0 amide bonds. The molecule has 0 aliphatic rings. The van der Waals surface area contributed by atoms with Crippen LogP contribution in [0.25, 0.3) is 0 Å². The average molecular weight is 202 g/mol. The standard InChI is InChI=1S/C8H18N4S/c1-6(9)5-10-12-7(13)11-8(2,3)4/h5-6H,9H2,1-4H3,(H2,11,12,13)/b10-5+. The molecule has 0 aliphatic carbocycles. The second-order valence-corrected chi connectivity index (χ2v) is 4.36. The highest BCUT2D eigenvalue weighted by Crippen LogP contribution is 1.97. The van der Waals surface area contributed by atoms with Gasteiger partial charge >= 0.3 is 0 Å². The number of hydrazone groups is 1. The van der Waals surface area contributed by atoms with Crippen LogP contribution in [0.4, 0.5) is 0 Å². The minimum absolute atomic E-state index is 0.0477. The Morgan fingerprint density at radius 2 is 2.08 bits per heavy atom. The number of rotatable bonds is 2. The fourth-order valence-electron chi connectivity index (χ4n) is 0.582. The van der Waals surface area contributed by atoms with Crippen LogP contribution >= 0.6 is 12.2 Å². The van der Waals surface area contributed by atoms with Gasteiger partial charge in [0.2, 0.25) is 0 Å². The van der Waals surface area contributed by atoms with Crippen molar-refractivity contribution in [3.05, 3.63) is 0 Å². The number of nitrogens with zero attached hydrogens (tertiary/aromatic N) is 1. The van der Waals surface area contributed by atoms with Crippen LogP contribution in [-0.4, -0.2) is 22.9 Å². The van der Waals surface area contributed by atoms with Gasteiger partial charge in [-0.15, -0.1) is 0 Å². The first-order chi connectivity index (χ1) is 5.81. The van der Waals surface area contributed by atoms with Crippen molar-refractivity contribution in [1.82, 2.24) is 10.7 Å². The summed E-state index contributed by atoms with van der Waals surface area (Å²) in [7, 11) is 0. The molecule has 13 heavy (non-hydrogen) atoms. The van der Waals surface area contributed by atoms with Crippen LogP contribution in [0.3, 0.4) is 0 Å². The number of hydrogen-bond acceptors (Lipinski definition) is 3. The molecule has 0 radical (unpaired) electrons. The molecule has 1 atom stereocenters. The lowest BCUT2D eigenvalue weighted by atomic mass is 10.1. The SMILES string of the molecule is CC(N)/C=N/NC(=S)NC(C)(C)C. The highest BCUT2D eigenvalue weighted by molar-refractivity contribution is 7.80. The molecular formula is C8H18N4S. The Labute approximate surface area is 85.0 Å². The second-order valence-electron chi connectivity index (χ2n) is 3.95. The van der Waals surface area contributed by atoms with Crippen molar-refractivity contribution in [2.75, 3.05) is 0 Å². The predicted octanol–water partition coefficient (Wildman–Crippen LogP) is 0.582. The number of nitrogens with one attached hydrogen (secondary N) is 2. The zero-order chi connectivity index (χ0) is 10.5. The predicted molar refractivity (Wildman–Crippen MR) is 60.8 cm³/mol. The van der Waals surface area contributed by atoms with Crippen molar-refractivity contribution in [3.63, 3.8) is 0 Å². The number of nitrogens with two attached hydrogens (primary N) is 1. The van der Waals surface area contributed by atoms with E-state index in [1.54, 1.807) is 6.21 Å². The first-order valence-electron chi connectivity index (χ1n) is 4.18. The Morgan fingerprint density at radius 3 is 2.46 bits per heavy atom. The van der Waals surface area contributed by atoms with Crippen molar-refractivity contribution in [2.24, 2.45) is 10.8 Å². The van der Waals surface area contributed by atoms with Gasteiger partial charge in [-0.25, -0.2) is 0 Å². The largest absolute Gasteiger partial charge is 0.357 e. The zero-order valence-corrected chi connectivity index (χ0v) is 9.40. The maximum Gasteiger partial charge on any atom is 0.187 e. The maximum absolute atomic E-state index is 5.45. The highest BCUT2D eigenvalue weighted by Gasteiger charge is 2.09. The van der Waals surface area contributed by atoms with Gasteiger partial charge < -0.3 is 11.1 Å². The lowest BCUT2D eigenvalue weighted by Crippen LogP contribution is -2.44. The summed E-state index contributed by atoms with van der Waals surface area (Å²) in [4.78, 5) is 0. The minimum atomic E-state index is -0.0649. The summed E-state index contributed by atoms with van der Waals surface area (Å²) < 4.78 is 0. The van der Waals surface area contributed by atoms with Gasteiger partial charge in [-0.2, -0.15) is 5.10 Å². The Morgan fingerprint density at radius 1 is 1.54 bits per heavy atom. The third kappa shape index (κ3) is 9.23. The Balaban J connectivity index is 3.77. The van der Waals surface area contributed by atoms with Crippen LogP contribution in [-0.2, 0) is 0 Å². The minimum Gasteiger partial charge on any atom is -0.357 e. The molecule has 5 heteroatoms. The van der Waals surface area contributed by atoms with Crippen molar-refractivity contribution in [1.29, 1.82) is 0 Å². The van der Waals surface area contributed by atoms with Gasteiger partial charge in [0.1, 0.15) is 0 Å². The fourth-order valence-corrected chi connectivity index (χ4v) is 0.941. The zero-order valence-electron chi connectivity index (χ0n) is 8.59. The fraction of sp³-hybridized carbons (Fsp3) is 0.750. The summed E-state index contributed by atoms with van der Waals surface area (Å²) in [5, 5.41) is 7.41. The quantitative estimate of drug-likeness (QED) is 0.348. The van der Waals surface area contributed by atoms with E-state index in [-0.39, 0.29) is 11.6 Å². The van der Waals surface area contributed by atoms with E-state index in [0.717, 1.165) is 0 Å². The molecule has 0 fully saturated rings. The van der Waals surface area contributed by atoms with Crippen molar-refractivity contribution in [2.45, 2.75) is 39.3 Å². The van der Waals surface area contributed by atoms with E-state index >= 15 is 0 Å². The molecule has 4 N–H and O–H groups in total. The van der Waals surface area contributed by atoms with Gasteiger partial charge in [-0.3, -0.25) is 5.43 Å². The average Bonchev–Trinajstić information content (AvgIpc) is 1.81. The molecule has 0 rings (SSSR count). The second kappa shape index (κ2) is 5.14.